The Labute approximate surface area is 191 Å². The summed E-state index contributed by atoms with van der Waals surface area (Å²) in [4.78, 5) is 24.3. The van der Waals surface area contributed by atoms with E-state index >= 15 is 0 Å². The Hall–Kier alpha value is -3.17. The second-order valence-corrected chi connectivity index (χ2v) is 8.13. The predicted octanol–water partition coefficient (Wildman–Crippen LogP) is 3.76. The quantitative estimate of drug-likeness (QED) is 0.637. The average Bonchev–Trinajstić information content (AvgIpc) is 2.80. The highest BCUT2D eigenvalue weighted by molar-refractivity contribution is 6.30. The van der Waals surface area contributed by atoms with Crippen LogP contribution in [0.5, 0.6) is 17.4 Å². The maximum Gasteiger partial charge on any atom is 0.315 e. The van der Waals surface area contributed by atoms with E-state index in [0.717, 1.165) is 0 Å². The number of carbonyl (C=O) groups is 1. The molecule has 1 aliphatic heterocycles. The standard InChI is InChI=1S/C22H23ClFN5O3/c1-22(11-28(2)7-8-29(22)21(25)30)14-9-13-16(10-18(14)31-3)26-12-27-20(13)32-17-6-4-5-15(23)19(17)24/h4-6,9-10,12H,7-8,11H2,1-3H3,(H2,25,30)/t22-/m0/s1/i2D. The summed E-state index contributed by atoms with van der Waals surface area (Å²) in [6, 6.07) is 7.33. The summed E-state index contributed by atoms with van der Waals surface area (Å²) >= 11 is 5.88. The Morgan fingerprint density at radius 2 is 2.12 bits per heavy atom. The lowest BCUT2D eigenvalue weighted by molar-refractivity contribution is 0.0475. The van der Waals surface area contributed by atoms with Gasteiger partial charge in [-0.05, 0) is 32.1 Å². The molecule has 1 atom stereocenters. The first-order valence-corrected chi connectivity index (χ1v) is 10.2. The lowest BCUT2D eigenvalue weighted by atomic mass is 9.86. The van der Waals surface area contributed by atoms with Gasteiger partial charge >= 0.3 is 6.03 Å². The Kier molecular flexibility index (Phi) is 5.44. The number of rotatable bonds is 4. The van der Waals surface area contributed by atoms with Crippen molar-refractivity contribution < 1.29 is 20.0 Å². The molecule has 1 saturated heterocycles. The number of piperazine rings is 1. The molecule has 0 unspecified atom stereocenters. The smallest absolute Gasteiger partial charge is 0.315 e. The summed E-state index contributed by atoms with van der Waals surface area (Å²) in [7, 11) is 1.59. The number of aromatic nitrogens is 2. The second-order valence-electron chi connectivity index (χ2n) is 7.72. The molecule has 0 radical (unpaired) electrons. The van der Waals surface area contributed by atoms with Crippen LogP contribution in [0.3, 0.4) is 0 Å². The molecule has 2 aromatic carbocycles. The van der Waals surface area contributed by atoms with Crippen molar-refractivity contribution in [3.05, 3.63) is 53.1 Å². The van der Waals surface area contributed by atoms with Gasteiger partial charge in [0.05, 0.1) is 28.6 Å². The topological polar surface area (TPSA) is 93.8 Å². The summed E-state index contributed by atoms with van der Waals surface area (Å²) in [5.74, 6) is -0.179. The maximum absolute atomic E-state index is 14.5. The minimum Gasteiger partial charge on any atom is -0.496 e. The van der Waals surface area contributed by atoms with E-state index in [1.54, 1.807) is 23.1 Å². The number of primary amides is 1. The van der Waals surface area contributed by atoms with Crippen LogP contribution in [0.25, 0.3) is 10.9 Å². The lowest BCUT2D eigenvalue weighted by Crippen LogP contribution is -2.61. The van der Waals surface area contributed by atoms with E-state index in [0.29, 0.717) is 41.9 Å². The molecule has 2 N–H and O–H groups in total. The molecule has 0 bridgehead atoms. The molecular weight excluding hydrogens is 437 g/mol. The number of fused-ring (bicyclic) bond motifs is 1. The first-order valence-electron chi connectivity index (χ1n) is 10.5. The minimum atomic E-state index is -0.904. The number of hydrogen-bond donors (Lipinski definition) is 1. The molecule has 1 aliphatic rings. The molecule has 0 aliphatic carbocycles. The van der Waals surface area contributed by atoms with E-state index < -0.39 is 17.4 Å². The fourth-order valence-corrected chi connectivity index (χ4v) is 4.24. The summed E-state index contributed by atoms with van der Waals surface area (Å²) in [6.07, 6.45) is 1.30. The van der Waals surface area contributed by atoms with Crippen LogP contribution in [-0.4, -0.2) is 59.6 Å². The molecule has 2 heterocycles. The number of carbonyl (C=O) groups excluding carboxylic acids is 1. The predicted molar refractivity (Wildman–Crippen MR) is 119 cm³/mol. The number of methoxy groups -OCH3 is 1. The van der Waals surface area contributed by atoms with Crippen LogP contribution in [0.2, 0.25) is 5.02 Å². The molecular formula is C22H23ClFN5O3. The third kappa shape index (κ3) is 3.78. The van der Waals surface area contributed by atoms with Crippen molar-refractivity contribution >= 4 is 28.5 Å². The number of likely N-dealkylation sites (N-methyl/N-ethyl adjacent to an activating group) is 1. The van der Waals surface area contributed by atoms with Crippen LogP contribution < -0.4 is 15.2 Å². The van der Waals surface area contributed by atoms with Crippen molar-refractivity contribution in [2.75, 3.05) is 33.8 Å². The zero-order chi connectivity index (χ0) is 23.8. The van der Waals surface area contributed by atoms with Crippen LogP contribution in [0, 0.1) is 5.82 Å². The van der Waals surface area contributed by atoms with E-state index in [1.807, 2.05) is 11.8 Å². The molecule has 2 amide bonds. The highest BCUT2D eigenvalue weighted by Crippen LogP contribution is 2.41. The van der Waals surface area contributed by atoms with Gasteiger partial charge in [0.2, 0.25) is 5.88 Å². The van der Waals surface area contributed by atoms with Gasteiger partial charge in [-0.2, -0.15) is 0 Å². The average molecular weight is 461 g/mol. The van der Waals surface area contributed by atoms with E-state index in [1.165, 1.54) is 25.6 Å². The molecule has 4 rings (SSSR count). The van der Waals surface area contributed by atoms with Gasteiger partial charge in [0.1, 0.15) is 12.1 Å². The highest BCUT2D eigenvalue weighted by atomic mass is 35.5. The van der Waals surface area contributed by atoms with Crippen molar-refractivity contribution in [3.63, 3.8) is 0 Å². The van der Waals surface area contributed by atoms with Crippen LogP contribution in [-0.2, 0) is 5.54 Å². The highest BCUT2D eigenvalue weighted by Gasteiger charge is 2.42. The van der Waals surface area contributed by atoms with E-state index in [2.05, 4.69) is 9.97 Å². The SMILES string of the molecule is [2H]CN1CCN(C(N)=O)[C@](C)(c2cc3c(Oc4cccc(Cl)c4F)ncnc3cc2OC)C1. The molecule has 168 valence electrons. The number of nitrogens with two attached hydrogens (primary N) is 1. The van der Waals surface area contributed by atoms with Gasteiger partial charge in [0.25, 0.3) is 0 Å². The van der Waals surface area contributed by atoms with E-state index in [-0.39, 0.29) is 23.7 Å². The minimum absolute atomic E-state index is 0.0730. The number of amides is 2. The normalized spacial score (nSPS) is 19.6. The Morgan fingerprint density at radius 1 is 1.31 bits per heavy atom. The number of benzene rings is 2. The van der Waals surface area contributed by atoms with Gasteiger partial charge in [0.15, 0.2) is 11.6 Å². The number of urea groups is 1. The van der Waals surface area contributed by atoms with Gasteiger partial charge in [-0.3, -0.25) is 0 Å². The van der Waals surface area contributed by atoms with Crippen molar-refractivity contribution in [3.8, 4) is 17.4 Å². The summed E-state index contributed by atoms with van der Waals surface area (Å²) in [6.45, 7) is 3.12. The fourth-order valence-electron chi connectivity index (χ4n) is 4.07. The van der Waals surface area contributed by atoms with Crippen molar-refractivity contribution in [2.24, 2.45) is 5.73 Å². The molecule has 1 aromatic heterocycles. The zero-order valence-electron chi connectivity index (χ0n) is 18.6. The number of halogens is 2. The first kappa shape index (κ1) is 20.7. The molecule has 1 fully saturated rings. The van der Waals surface area contributed by atoms with Crippen molar-refractivity contribution in [1.82, 2.24) is 19.8 Å². The third-order valence-corrected chi connectivity index (χ3v) is 5.95. The molecule has 8 nitrogen and oxygen atoms in total. The second kappa shape index (κ2) is 8.40. The van der Waals surface area contributed by atoms with Gasteiger partial charge in [-0.15, -0.1) is 0 Å². The molecule has 32 heavy (non-hydrogen) atoms. The van der Waals surface area contributed by atoms with Crippen molar-refractivity contribution in [2.45, 2.75) is 12.5 Å². The Bertz CT molecular complexity index is 1220. The number of hydrogen-bond acceptors (Lipinski definition) is 6. The van der Waals surface area contributed by atoms with Crippen LogP contribution >= 0.6 is 11.6 Å². The summed E-state index contributed by atoms with van der Waals surface area (Å²) in [5.41, 5.74) is 5.95. The largest absolute Gasteiger partial charge is 0.496 e. The Balaban J connectivity index is 1.89. The van der Waals surface area contributed by atoms with Gasteiger partial charge < -0.3 is 25.0 Å². The van der Waals surface area contributed by atoms with Crippen LogP contribution in [0.1, 0.15) is 13.9 Å². The van der Waals surface area contributed by atoms with Gasteiger partial charge in [-0.25, -0.2) is 19.2 Å². The molecule has 0 spiro atoms. The fraction of sp³-hybridized carbons (Fsp3) is 0.318. The summed E-state index contributed by atoms with van der Waals surface area (Å²) < 4.78 is 33.7. The number of nitrogens with zero attached hydrogens (tertiary/aromatic N) is 4. The molecule has 3 aromatic rings. The molecule has 10 heteroatoms. The third-order valence-electron chi connectivity index (χ3n) is 5.66. The molecule has 0 saturated carbocycles. The number of ether oxygens (including phenoxy) is 2. The zero-order valence-corrected chi connectivity index (χ0v) is 18.4. The Morgan fingerprint density at radius 3 is 2.84 bits per heavy atom. The lowest BCUT2D eigenvalue weighted by Gasteiger charge is -2.48. The maximum atomic E-state index is 14.5. The van der Waals surface area contributed by atoms with E-state index in [9.17, 15) is 9.18 Å². The monoisotopic (exact) mass is 460 g/mol. The van der Waals surface area contributed by atoms with E-state index in [4.69, 9.17) is 28.2 Å². The van der Waals surface area contributed by atoms with Gasteiger partial charge in [0, 0.05) is 32.6 Å². The summed E-state index contributed by atoms with van der Waals surface area (Å²) in [5, 5.41) is 0.414. The van der Waals surface area contributed by atoms with Crippen molar-refractivity contribution in [1.29, 1.82) is 0 Å². The first-order chi connectivity index (χ1) is 15.8. The van der Waals surface area contributed by atoms with Gasteiger partial charge in [-0.1, -0.05) is 17.7 Å². The van der Waals surface area contributed by atoms with Crippen LogP contribution in [0.15, 0.2) is 36.7 Å². The van der Waals surface area contributed by atoms with Crippen LogP contribution in [0.4, 0.5) is 9.18 Å².